The zero-order valence-electron chi connectivity index (χ0n) is 35.1. The van der Waals surface area contributed by atoms with Crippen molar-refractivity contribution in [3.05, 3.63) is 104 Å². The van der Waals surface area contributed by atoms with E-state index in [2.05, 4.69) is 28.2 Å². The molecule has 1 saturated carbocycles. The molecule has 18 heteroatoms. The molecule has 338 valence electrons. The first-order chi connectivity index (χ1) is 29.8. The van der Waals surface area contributed by atoms with Crippen LogP contribution in [-0.4, -0.2) is 88.6 Å². The molecular formula is C44H58Cl2N6O6S4. The van der Waals surface area contributed by atoms with Gasteiger partial charge in [-0.05, 0) is 117 Å². The second kappa shape index (κ2) is 23.3. The van der Waals surface area contributed by atoms with Gasteiger partial charge in [0, 0.05) is 69.2 Å². The van der Waals surface area contributed by atoms with Crippen LogP contribution in [0.3, 0.4) is 0 Å². The number of thiophene rings is 2. The number of rotatable bonds is 18. The maximum Gasteiger partial charge on any atom is 0.252 e. The molecule has 3 aliphatic rings. The van der Waals surface area contributed by atoms with E-state index in [4.69, 9.17) is 23.2 Å². The number of hydrogen-bond acceptors (Lipinski definition) is 10. The van der Waals surface area contributed by atoms with Crippen molar-refractivity contribution in [2.24, 2.45) is 5.92 Å². The van der Waals surface area contributed by atoms with Crippen LogP contribution in [0.1, 0.15) is 102 Å². The lowest BCUT2D eigenvalue weighted by molar-refractivity contribution is 0.0943. The van der Waals surface area contributed by atoms with E-state index >= 15 is 0 Å². The first-order valence-electron chi connectivity index (χ1n) is 21.5. The molecule has 0 spiro atoms. The second-order valence-electron chi connectivity index (χ2n) is 16.1. The van der Waals surface area contributed by atoms with Gasteiger partial charge >= 0.3 is 0 Å². The Kier molecular flexibility index (Phi) is 18.3. The highest BCUT2D eigenvalue weighted by Gasteiger charge is 2.34. The first-order valence-corrected chi connectivity index (χ1v) is 26.8. The van der Waals surface area contributed by atoms with Gasteiger partial charge in [0.15, 0.2) is 0 Å². The summed E-state index contributed by atoms with van der Waals surface area (Å²) >= 11 is 14.1. The minimum atomic E-state index is -3.51. The molecule has 2 aliphatic heterocycles. The number of nitrogens with one attached hydrogen (secondary N) is 4. The summed E-state index contributed by atoms with van der Waals surface area (Å²) in [5.74, 6) is 0.392. The van der Waals surface area contributed by atoms with Crippen molar-refractivity contribution in [1.29, 1.82) is 0 Å². The van der Waals surface area contributed by atoms with E-state index in [1.54, 1.807) is 81.4 Å². The Balaban J connectivity index is 0.000000209. The van der Waals surface area contributed by atoms with Crippen LogP contribution in [0, 0.1) is 5.92 Å². The number of nitrogens with zero attached hydrogens (tertiary/aromatic N) is 2. The number of benzene rings is 2. The molecule has 4 N–H and O–H groups in total. The Bertz CT molecular complexity index is 2280. The summed E-state index contributed by atoms with van der Waals surface area (Å²) in [6, 6.07) is 20.5. The Morgan fingerprint density at radius 1 is 0.629 bits per heavy atom. The molecule has 62 heavy (non-hydrogen) atoms. The van der Waals surface area contributed by atoms with E-state index in [0.29, 0.717) is 55.8 Å². The third kappa shape index (κ3) is 13.8. The summed E-state index contributed by atoms with van der Waals surface area (Å²) in [5, 5.41) is 13.8. The highest BCUT2D eigenvalue weighted by Crippen LogP contribution is 2.30. The average molecular weight is 966 g/mol. The topological polar surface area (TPSA) is 157 Å². The lowest BCUT2D eigenvalue weighted by Gasteiger charge is -2.22. The number of carbonyl (C=O) groups excluding carboxylic acids is 2. The van der Waals surface area contributed by atoms with Gasteiger partial charge < -0.3 is 21.3 Å². The standard InChI is InChI=1S/C24H32ClN3O3S2.C20H26ClN3O3S2/c25-20-8-6-19(7-9-20)24(29)27-16-22-10-11-23(32-22)33(30,31)28-15-13-21(17-28)26-14-12-18-4-2-1-3-5-18;1-2-3-11-22-17-10-12-24(14-17)29(26,27)19-9-8-18(28-19)13-23-20(25)15-4-6-16(21)7-5-15/h6-11,18,21,26H,1-5,12-17H2,(H,27,29);4-9,17,22H,2-3,10-14H2,1H3,(H,23,25). The molecule has 2 saturated heterocycles. The van der Waals surface area contributed by atoms with Gasteiger partial charge in [0.25, 0.3) is 31.9 Å². The van der Waals surface area contributed by atoms with Crippen LogP contribution in [-0.2, 0) is 33.1 Å². The number of unbranched alkanes of at least 4 members (excludes halogenated alkanes) is 1. The number of amides is 2. The predicted octanol–water partition coefficient (Wildman–Crippen LogP) is 8.14. The van der Waals surface area contributed by atoms with Crippen molar-refractivity contribution in [2.75, 3.05) is 39.3 Å². The fourth-order valence-corrected chi connectivity index (χ4v) is 14.0. The molecule has 2 unspecified atom stereocenters. The number of halogens is 2. The number of carbonyl (C=O) groups is 2. The van der Waals surface area contributed by atoms with Gasteiger partial charge in [-0.3, -0.25) is 9.59 Å². The van der Waals surface area contributed by atoms with Crippen LogP contribution >= 0.6 is 45.9 Å². The van der Waals surface area contributed by atoms with Crippen molar-refractivity contribution < 1.29 is 26.4 Å². The third-order valence-electron chi connectivity index (χ3n) is 11.5. The van der Waals surface area contributed by atoms with E-state index in [9.17, 15) is 26.4 Å². The molecule has 2 atom stereocenters. The zero-order chi connectivity index (χ0) is 44.1. The Labute approximate surface area is 385 Å². The van der Waals surface area contributed by atoms with Gasteiger partial charge in [-0.25, -0.2) is 16.8 Å². The van der Waals surface area contributed by atoms with Crippen molar-refractivity contribution in [1.82, 2.24) is 29.9 Å². The van der Waals surface area contributed by atoms with Crippen LogP contribution in [0.4, 0.5) is 0 Å². The molecule has 4 aromatic rings. The van der Waals surface area contributed by atoms with Crippen molar-refractivity contribution in [3.63, 3.8) is 0 Å². The normalized spacial score (nSPS) is 19.0. The molecule has 4 heterocycles. The minimum absolute atomic E-state index is 0.217. The van der Waals surface area contributed by atoms with Crippen LogP contribution in [0.25, 0.3) is 0 Å². The van der Waals surface area contributed by atoms with Gasteiger partial charge in [-0.1, -0.05) is 68.7 Å². The van der Waals surface area contributed by atoms with E-state index in [-0.39, 0.29) is 37.0 Å². The van der Waals surface area contributed by atoms with Crippen LogP contribution < -0.4 is 21.3 Å². The summed E-state index contributed by atoms with van der Waals surface area (Å²) in [4.78, 5) is 26.1. The lowest BCUT2D eigenvalue weighted by Crippen LogP contribution is -2.36. The summed E-state index contributed by atoms with van der Waals surface area (Å²) in [5.41, 5.74) is 1.03. The maximum atomic E-state index is 13.1. The van der Waals surface area contributed by atoms with Gasteiger partial charge in [0.05, 0.1) is 13.1 Å². The number of hydrogen-bond donors (Lipinski definition) is 4. The highest BCUT2D eigenvalue weighted by molar-refractivity contribution is 7.91. The Morgan fingerprint density at radius 3 is 1.53 bits per heavy atom. The van der Waals surface area contributed by atoms with Crippen LogP contribution in [0.2, 0.25) is 10.0 Å². The van der Waals surface area contributed by atoms with E-state index < -0.39 is 20.0 Å². The van der Waals surface area contributed by atoms with Gasteiger partial charge in [-0.15, -0.1) is 22.7 Å². The SMILES string of the molecule is CCCCNC1CCN(S(=O)(=O)c2ccc(CNC(=O)c3ccc(Cl)cc3)s2)C1.O=C(NCc1ccc(S(=O)(=O)N2CCC(NCCC3CCCCC3)C2)s1)c1ccc(Cl)cc1. The average Bonchev–Trinajstić information content (AvgIpc) is 4.12. The Morgan fingerprint density at radius 2 is 1.08 bits per heavy atom. The van der Waals surface area contributed by atoms with Crippen LogP contribution in [0.15, 0.2) is 81.2 Å². The molecule has 2 amide bonds. The molecule has 2 aromatic heterocycles. The fourth-order valence-electron chi connectivity index (χ4n) is 7.86. The quantitative estimate of drug-likeness (QED) is 0.0729. The lowest BCUT2D eigenvalue weighted by atomic mass is 9.87. The molecule has 1 aliphatic carbocycles. The van der Waals surface area contributed by atoms with E-state index in [1.807, 2.05) is 0 Å². The molecular weight excluding hydrogens is 908 g/mol. The first kappa shape index (κ1) is 48.6. The maximum absolute atomic E-state index is 13.1. The van der Waals surface area contributed by atoms with Gasteiger partial charge in [-0.2, -0.15) is 8.61 Å². The fraction of sp³-hybridized carbons (Fsp3) is 0.500. The van der Waals surface area contributed by atoms with Crippen molar-refractivity contribution in [3.8, 4) is 0 Å². The molecule has 0 radical (unpaired) electrons. The summed E-state index contributed by atoms with van der Waals surface area (Å²) in [7, 11) is -7.00. The van der Waals surface area contributed by atoms with E-state index in [0.717, 1.165) is 54.4 Å². The summed E-state index contributed by atoms with van der Waals surface area (Å²) in [6.07, 6.45) is 11.9. The number of sulfonamides is 2. The van der Waals surface area contributed by atoms with Gasteiger partial charge in [0.1, 0.15) is 8.42 Å². The second-order valence-corrected chi connectivity index (χ2v) is 23.6. The largest absolute Gasteiger partial charge is 0.347 e. The van der Waals surface area contributed by atoms with Crippen molar-refractivity contribution >= 4 is 77.7 Å². The van der Waals surface area contributed by atoms with Gasteiger partial charge in [0.2, 0.25) is 0 Å². The highest BCUT2D eigenvalue weighted by atomic mass is 35.5. The summed E-state index contributed by atoms with van der Waals surface area (Å²) < 4.78 is 55.9. The van der Waals surface area contributed by atoms with Crippen LogP contribution in [0.5, 0.6) is 0 Å². The van der Waals surface area contributed by atoms with E-state index in [1.165, 1.54) is 61.2 Å². The zero-order valence-corrected chi connectivity index (χ0v) is 39.9. The molecule has 12 nitrogen and oxygen atoms in total. The molecule has 3 fully saturated rings. The minimum Gasteiger partial charge on any atom is -0.347 e. The predicted molar refractivity (Wildman–Crippen MR) is 250 cm³/mol. The molecule has 7 rings (SSSR count). The molecule has 0 bridgehead atoms. The Hall–Kier alpha value is -2.90. The smallest absolute Gasteiger partial charge is 0.252 e. The summed E-state index contributed by atoms with van der Waals surface area (Å²) in [6.45, 7) is 6.71. The third-order valence-corrected chi connectivity index (χ3v) is 18.8. The molecule has 2 aromatic carbocycles. The van der Waals surface area contributed by atoms with Crippen molar-refractivity contribution in [2.45, 2.75) is 105 Å². The monoisotopic (exact) mass is 964 g/mol.